The summed E-state index contributed by atoms with van der Waals surface area (Å²) in [4.78, 5) is 22.8. The number of aliphatic carboxylic acids is 1. The molecular weight excluding hydrogens is 182 g/mol. The predicted molar refractivity (Wildman–Crippen MR) is 53.9 cm³/mol. The molecule has 14 heavy (non-hydrogen) atoms. The molecule has 0 saturated carbocycles. The van der Waals surface area contributed by atoms with E-state index in [-0.39, 0.29) is 11.5 Å². The van der Waals surface area contributed by atoms with Gasteiger partial charge in [0.2, 0.25) is 5.91 Å². The predicted octanol–water partition coefficient (Wildman–Crippen LogP) is 1.28. The Labute approximate surface area is 84.2 Å². The molecule has 1 N–H and O–H groups in total. The highest BCUT2D eigenvalue weighted by Crippen LogP contribution is 2.05. The Morgan fingerprint density at radius 3 is 2.36 bits per heavy atom. The van der Waals surface area contributed by atoms with E-state index in [0.717, 1.165) is 12.8 Å². The van der Waals surface area contributed by atoms with E-state index >= 15 is 0 Å². The van der Waals surface area contributed by atoms with Crippen LogP contribution in [-0.4, -0.2) is 35.5 Å². The van der Waals surface area contributed by atoms with Crippen molar-refractivity contribution >= 4 is 11.9 Å². The first-order chi connectivity index (χ1) is 6.45. The van der Waals surface area contributed by atoms with Crippen molar-refractivity contribution in [3.63, 3.8) is 0 Å². The minimum Gasteiger partial charge on any atom is -0.478 e. The smallest absolute Gasteiger partial charge is 0.330 e. The quantitative estimate of drug-likeness (QED) is 0.517. The maximum absolute atomic E-state index is 10.8. The van der Waals surface area contributed by atoms with E-state index in [9.17, 15) is 9.59 Å². The number of unbranched alkanes of at least 4 members (excludes halogenated alkanes) is 1. The molecule has 0 radical (unpaired) electrons. The number of hydrogen-bond donors (Lipinski definition) is 1. The monoisotopic (exact) mass is 199 g/mol. The summed E-state index contributed by atoms with van der Waals surface area (Å²) < 4.78 is 0. The molecule has 1 amide bonds. The maximum Gasteiger partial charge on any atom is 0.330 e. The minimum absolute atomic E-state index is 0.0297. The van der Waals surface area contributed by atoms with Gasteiger partial charge in [-0.3, -0.25) is 4.79 Å². The Bertz CT molecular complexity index is 236. The van der Waals surface area contributed by atoms with E-state index < -0.39 is 5.97 Å². The first-order valence-corrected chi connectivity index (χ1v) is 4.58. The van der Waals surface area contributed by atoms with Crippen LogP contribution >= 0.6 is 0 Å². The van der Waals surface area contributed by atoms with Crippen molar-refractivity contribution in [3.8, 4) is 0 Å². The van der Waals surface area contributed by atoms with Crippen molar-refractivity contribution in [2.24, 2.45) is 0 Å². The molecule has 0 aromatic rings. The van der Waals surface area contributed by atoms with Crippen LogP contribution in [0.2, 0.25) is 0 Å². The first-order valence-electron chi connectivity index (χ1n) is 4.58. The summed E-state index contributed by atoms with van der Waals surface area (Å²) in [7, 11) is 1.73. The van der Waals surface area contributed by atoms with E-state index in [0.29, 0.717) is 13.0 Å². The molecule has 0 fully saturated rings. The van der Waals surface area contributed by atoms with E-state index in [1.165, 1.54) is 6.92 Å². The van der Waals surface area contributed by atoms with Gasteiger partial charge in [-0.15, -0.1) is 0 Å². The van der Waals surface area contributed by atoms with Gasteiger partial charge in [-0.1, -0.05) is 6.58 Å². The number of carboxylic acid groups (broad SMARTS) is 1. The number of rotatable bonds is 6. The molecule has 0 aromatic carbocycles. The maximum atomic E-state index is 10.8. The van der Waals surface area contributed by atoms with Gasteiger partial charge in [0.1, 0.15) is 0 Å². The van der Waals surface area contributed by atoms with Crippen LogP contribution in [0.1, 0.15) is 26.2 Å². The van der Waals surface area contributed by atoms with Crippen LogP contribution in [0.5, 0.6) is 0 Å². The molecule has 0 aliphatic heterocycles. The first kappa shape index (κ1) is 12.7. The third-order valence-electron chi connectivity index (χ3n) is 2.06. The van der Waals surface area contributed by atoms with Crippen molar-refractivity contribution < 1.29 is 14.7 Å². The van der Waals surface area contributed by atoms with E-state index in [2.05, 4.69) is 6.58 Å². The third-order valence-corrected chi connectivity index (χ3v) is 2.06. The van der Waals surface area contributed by atoms with E-state index in [1.807, 2.05) is 0 Å². The Hall–Kier alpha value is -1.32. The van der Waals surface area contributed by atoms with Gasteiger partial charge in [0.05, 0.1) is 0 Å². The summed E-state index contributed by atoms with van der Waals surface area (Å²) in [6.45, 7) is 5.60. The number of carbonyl (C=O) groups excluding carboxylic acids is 1. The summed E-state index contributed by atoms with van der Waals surface area (Å²) in [5.41, 5.74) is 0.232. The molecule has 0 rings (SSSR count). The highest BCUT2D eigenvalue weighted by atomic mass is 16.4. The molecule has 80 valence electrons. The van der Waals surface area contributed by atoms with Crippen molar-refractivity contribution in [2.75, 3.05) is 13.6 Å². The van der Waals surface area contributed by atoms with Crippen LogP contribution < -0.4 is 0 Å². The van der Waals surface area contributed by atoms with Crippen molar-refractivity contribution in [3.05, 3.63) is 12.2 Å². The second-order valence-corrected chi connectivity index (χ2v) is 3.31. The molecule has 0 unspecified atom stereocenters. The van der Waals surface area contributed by atoms with Gasteiger partial charge in [-0.25, -0.2) is 4.79 Å². The molecule has 0 bridgehead atoms. The summed E-state index contributed by atoms with van der Waals surface area (Å²) in [5, 5.41) is 8.51. The zero-order chi connectivity index (χ0) is 11.1. The van der Waals surface area contributed by atoms with E-state index in [4.69, 9.17) is 5.11 Å². The summed E-state index contributed by atoms with van der Waals surface area (Å²) >= 11 is 0. The molecule has 0 saturated heterocycles. The van der Waals surface area contributed by atoms with Crippen LogP contribution in [0.3, 0.4) is 0 Å². The van der Waals surface area contributed by atoms with Gasteiger partial charge >= 0.3 is 5.97 Å². The van der Waals surface area contributed by atoms with Gasteiger partial charge in [0.25, 0.3) is 0 Å². The van der Waals surface area contributed by atoms with Gasteiger partial charge in [-0.05, 0) is 19.3 Å². The molecule has 0 aliphatic rings. The van der Waals surface area contributed by atoms with Crippen LogP contribution in [0.15, 0.2) is 12.2 Å². The van der Waals surface area contributed by atoms with Crippen LogP contribution in [0, 0.1) is 0 Å². The second kappa shape index (κ2) is 6.18. The van der Waals surface area contributed by atoms with E-state index in [1.54, 1.807) is 11.9 Å². The fourth-order valence-electron chi connectivity index (χ4n) is 0.952. The SMILES string of the molecule is C=C(CCCCN(C)C(C)=O)C(=O)O. The molecule has 4 nitrogen and oxygen atoms in total. The van der Waals surface area contributed by atoms with Crippen molar-refractivity contribution in [1.82, 2.24) is 4.90 Å². The largest absolute Gasteiger partial charge is 0.478 e. The molecule has 0 spiro atoms. The number of nitrogens with zero attached hydrogens (tertiary/aromatic N) is 1. The van der Waals surface area contributed by atoms with Crippen LogP contribution in [0.25, 0.3) is 0 Å². The van der Waals surface area contributed by atoms with Crippen molar-refractivity contribution in [2.45, 2.75) is 26.2 Å². The fourth-order valence-corrected chi connectivity index (χ4v) is 0.952. The number of carboxylic acids is 1. The highest BCUT2D eigenvalue weighted by molar-refractivity contribution is 5.85. The number of hydrogen-bond acceptors (Lipinski definition) is 2. The van der Waals surface area contributed by atoms with Gasteiger partial charge < -0.3 is 10.0 Å². The lowest BCUT2D eigenvalue weighted by molar-refractivity contribution is -0.133. The summed E-state index contributed by atoms with van der Waals surface area (Å²) in [6, 6.07) is 0. The Morgan fingerprint density at radius 1 is 1.36 bits per heavy atom. The molecule has 0 heterocycles. The lowest BCUT2D eigenvalue weighted by atomic mass is 10.1. The molecule has 0 aromatic heterocycles. The van der Waals surface area contributed by atoms with Crippen LogP contribution in [-0.2, 0) is 9.59 Å². The lowest BCUT2D eigenvalue weighted by Gasteiger charge is -2.13. The number of amides is 1. The van der Waals surface area contributed by atoms with Gasteiger partial charge in [0, 0.05) is 26.1 Å². The Kier molecular flexibility index (Phi) is 5.60. The lowest BCUT2D eigenvalue weighted by Crippen LogP contribution is -2.24. The second-order valence-electron chi connectivity index (χ2n) is 3.31. The average molecular weight is 199 g/mol. The third kappa shape index (κ3) is 5.35. The molecular formula is C10H17NO3. The summed E-state index contributed by atoms with van der Waals surface area (Å²) in [6.07, 6.45) is 2.05. The van der Waals surface area contributed by atoms with Crippen molar-refractivity contribution in [1.29, 1.82) is 0 Å². The van der Waals surface area contributed by atoms with Gasteiger partial charge in [0.15, 0.2) is 0 Å². The molecule has 0 aliphatic carbocycles. The zero-order valence-electron chi connectivity index (χ0n) is 8.75. The summed E-state index contributed by atoms with van der Waals surface area (Å²) in [5.74, 6) is -0.910. The fraction of sp³-hybridized carbons (Fsp3) is 0.600. The van der Waals surface area contributed by atoms with Crippen LogP contribution in [0.4, 0.5) is 0 Å². The molecule has 0 atom stereocenters. The topological polar surface area (TPSA) is 57.6 Å². The average Bonchev–Trinajstić information content (AvgIpc) is 2.11. The number of carbonyl (C=O) groups is 2. The standard InChI is InChI=1S/C10H17NO3/c1-8(10(13)14)6-4-5-7-11(3)9(2)12/h1,4-7H2,2-3H3,(H,13,14). The Morgan fingerprint density at radius 2 is 1.93 bits per heavy atom. The normalized spacial score (nSPS) is 9.57. The molecule has 4 heteroatoms. The minimum atomic E-state index is -0.940. The zero-order valence-corrected chi connectivity index (χ0v) is 8.75. The highest BCUT2D eigenvalue weighted by Gasteiger charge is 2.04. The van der Waals surface area contributed by atoms with Gasteiger partial charge in [-0.2, -0.15) is 0 Å². The Balaban J connectivity index is 3.52.